The van der Waals surface area contributed by atoms with Gasteiger partial charge in [-0.05, 0) is 42.8 Å². The van der Waals surface area contributed by atoms with Gasteiger partial charge in [-0.3, -0.25) is 14.8 Å². The monoisotopic (exact) mass is 407 g/mol. The summed E-state index contributed by atoms with van der Waals surface area (Å²) in [6.45, 7) is 2.03. The Bertz CT molecular complexity index is 1040. The number of amides is 1. The number of nitrogens with zero attached hydrogens (tertiary/aromatic N) is 3. The topological polar surface area (TPSA) is 114 Å². The molecule has 3 heterocycles. The number of aliphatic hydroxyl groups is 1. The molecule has 156 valence electrons. The number of benzene rings is 1. The van der Waals surface area contributed by atoms with E-state index in [0.29, 0.717) is 44.0 Å². The minimum Gasteiger partial charge on any atom is -0.492 e. The number of carbonyl (C=O) groups excluding carboxylic acids is 1. The fourth-order valence-corrected chi connectivity index (χ4v) is 3.68. The van der Waals surface area contributed by atoms with Gasteiger partial charge in [0.2, 0.25) is 0 Å². The van der Waals surface area contributed by atoms with Crippen molar-refractivity contribution in [1.82, 2.24) is 15.3 Å². The maximum Gasteiger partial charge on any atom is 0.251 e. The van der Waals surface area contributed by atoms with Crippen LogP contribution in [0.25, 0.3) is 11.0 Å². The number of carbonyl (C=O) groups is 1. The molecule has 1 atom stereocenters. The summed E-state index contributed by atoms with van der Waals surface area (Å²) in [6, 6.07) is 12.6. The summed E-state index contributed by atoms with van der Waals surface area (Å²) in [7, 11) is 0. The largest absolute Gasteiger partial charge is 0.492 e. The molecule has 8 nitrogen and oxygen atoms in total. The van der Waals surface area contributed by atoms with Crippen LogP contribution in [0.3, 0.4) is 0 Å². The highest BCUT2D eigenvalue weighted by Crippen LogP contribution is 2.30. The molecular weight excluding hydrogens is 382 g/mol. The molecule has 1 saturated heterocycles. The first-order chi connectivity index (χ1) is 14.6. The second kappa shape index (κ2) is 8.64. The first-order valence-electron chi connectivity index (χ1n) is 9.96. The zero-order valence-electron chi connectivity index (χ0n) is 16.6. The number of rotatable bonds is 7. The number of nitrogens with two attached hydrogens (primary N) is 1. The zero-order chi connectivity index (χ0) is 21.0. The van der Waals surface area contributed by atoms with E-state index in [2.05, 4.69) is 20.2 Å². The van der Waals surface area contributed by atoms with Gasteiger partial charge in [0, 0.05) is 44.1 Å². The van der Waals surface area contributed by atoms with Crippen molar-refractivity contribution >= 4 is 22.6 Å². The summed E-state index contributed by atoms with van der Waals surface area (Å²) in [4.78, 5) is 23.4. The van der Waals surface area contributed by atoms with E-state index < -0.39 is 5.60 Å². The Morgan fingerprint density at radius 2 is 2.13 bits per heavy atom. The third-order valence-corrected chi connectivity index (χ3v) is 5.21. The molecule has 3 aromatic rings. The molecular formula is C22H25N5O3. The van der Waals surface area contributed by atoms with Crippen LogP contribution >= 0.6 is 0 Å². The van der Waals surface area contributed by atoms with Gasteiger partial charge in [-0.2, -0.15) is 0 Å². The number of fused-ring (bicyclic) bond motifs is 1. The van der Waals surface area contributed by atoms with Crippen LogP contribution in [0.2, 0.25) is 0 Å². The molecule has 1 amide bonds. The Labute approximate surface area is 174 Å². The Morgan fingerprint density at radius 3 is 3.00 bits per heavy atom. The van der Waals surface area contributed by atoms with Crippen LogP contribution in [-0.2, 0) is 0 Å². The number of anilines is 1. The van der Waals surface area contributed by atoms with Crippen molar-refractivity contribution in [3.8, 4) is 5.75 Å². The van der Waals surface area contributed by atoms with E-state index in [4.69, 9.17) is 10.5 Å². The number of nitrogens with one attached hydrogen (secondary N) is 1. The van der Waals surface area contributed by atoms with Gasteiger partial charge < -0.3 is 25.8 Å². The van der Waals surface area contributed by atoms with E-state index in [1.165, 1.54) is 0 Å². The van der Waals surface area contributed by atoms with Gasteiger partial charge in [0.25, 0.3) is 5.91 Å². The van der Waals surface area contributed by atoms with Crippen LogP contribution in [0.1, 0.15) is 16.8 Å². The maximum absolute atomic E-state index is 12.6. The molecule has 4 N–H and O–H groups in total. The predicted octanol–water partition coefficient (Wildman–Crippen LogP) is 1.34. The number of aromatic nitrogens is 2. The van der Waals surface area contributed by atoms with E-state index in [1.54, 1.807) is 36.7 Å². The van der Waals surface area contributed by atoms with Gasteiger partial charge in [0.15, 0.2) is 0 Å². The third kappa shape index (κ3) is 4.34. The van der Waals surface area contributed by atoms with E-state index in [-0.39, 0.29) is 12.5 Å². The van der Waals surface area contributed by atoms with Crippen LogP contribution in [0, 0.1) is 0 Å². The minimum absolute atomic E-state index is 0.159. The van der Waals surface area contributed by atoms with Gasteiger partial charge in [0.05, 0.1) is 11.2 Å². The lowest BCUT2D eigenvalue weighted by atomic mass is 10.0. The number of pyridine rings is 2. The molecule has 2 aromatic heterocycles. The molecule has 0 radical (unpaired) electrons. The van der Waals surface area contributed by atoms with Crippen molar-refractivity contribution in [1.29, 1.82) is 0 Å². The fraction of sp³-hybridized carbons (Fsp3) is 0.318. The standard InChI is InChI=1S/C22H25N5O3/c23-8-12-30-17-4-1-3-16(13-17)21(28)26-14-22(29)7-11-27(15-22)19-6-10-24-18-5-2-9-25-20(18)19/h1-6,9-10,13,29H,7-8,11-12,14-15,23H2,(H,26,28)/t22-/m1/s1. The Hall–Kier alpha value is -3.23. The predicted molar refractivity (Wildman–Crippen MR) is 115 cm³/mol. The minimum atomic E-state index is -1.02. The molecule has 0 bridgehead atoms. The van der Waals surface area contributed by atoms with Gasteiger partial charge in [0.1, 0.15) is 23.5 Å². The summed E-state index contributed by atoms with van der Waals surface area (Å²) >= 11 is 0. The molecule has 1 fully saturated rings. The molecule has 8 heteroatoms. The lowest BCUT2D eigenvalue weighted by Gasteiger charge is -2.25. The molecule has 0 saturated carbocycles. The highest BCUT2D eigenvalue weighted by molar-refractivity contribution is 5.94. The fourth-order valence-electron chi connectivity index (χ4n) is 3.68. The van der Waals surface area contributed by atoms with E-state index >= 15 is 0 Å². The molecule has 0 spiro atoms. The van der Waals surface area contributed by atoms with Crippen molar-refractivity contribution in [2.45, 2.75) is 12.0 Å². The SMILES string of the molecule is NCCOc1cccc(C(=O)NC[C@]2(O)CCN(c3ccnc4cccnc34)C2)c1. The van der Waals surface area contributed by atoms with Gasteiger partial charge in [-0.15, -0.1) is 0 Å². The van der Waals surface area contributed by atoms with Crippen molar-refractivity contribution in [2.24, 2.45) is 5.73 Å². The average Bonchev–Trinajstić information content (AvgIpc) is 3.18. The highest BCUT2D eigenvalue weighted by Gasteiger charge is 2.37. The van der Waals surface area contributed by atoms with Gasteiger partial charge in [-0.1, -0.05) is 6.07 Å². The van der Waals surface area contributed by atoms with Crippen LogP contribution in [0.5, 0.6) is 5.75 Å². The van der Waals surface area contributed by atoms with Crippen molar-refractivity contribution in [2.75, 3.05) is 37.7 Å². The summed E-state index contributed by atoms with van der Waals surface area (Å²) in [5.74, 6) is 0.340. The molecule has 30 heavy (non-hydrogen) atoms. The summed E-state index contributed by atoms with van der Waals surface area (Å²) in [5, 5.41) is 13.9. The number of β-amino-alcohol motifs (C(OH)–C–C–N with tert-alkyl or cyclic N) is 1. The van der Waals surface area contributed by atoms with E-state index in [0.717, 1.165) is 16.7 Å². The quantitative estimate of drug-likeness (QED) is 0.542. The molecule has 0 aliphatic carbocycles. The number of hydrogen-bond donors (Lipinski definition) is 3. The number of hydrogen-bond acceptors (Lipinski definition) is 7. The highest BCUT2D eigenvalue weighted by atomic mass is 16.5. The Balaban J connectivity index is 1.40. The van der Waals surface area contributed by atoms with Crippen LogP contribution in [0.4, 0.5) is 5.69 Å². The van der Waals surface area contributed by atoms with E-state index in [9.17, 15) is 9.90 Å². The van der Waals surface area contributed by atoms with Crippen LogP contribution in [-0.4, -0.2) is 59.4 Å². The molecule has 1 aliphatic heterocycles. The van der Waals surface area contributed by atoms with E-state index in [1.807, 2.05) is 18.2 Å². The van der Waals surface area contributed by atoms with Crippen molar-refractivity contribution < 1.29 is 14.6 Å². The zero-order valence-corrected chi connectivity index (χ0v) is 16.6. The normalized spacial score (nSPS) is 18.5. The first-order valence-corrected chi connectivity index (χ1v) is 9.96. The first kappa shape index (κ1) is 20.1. The smallest absolute Gasteiger partial charge is 0.251 e. The second-order valence-electron chi connectivity index (χ2n) is 7.44. The third-order valence-electron chi connectivity index (χ3n) is 5.21. The van der Waals surface area contributed by atoms with Gasteiger partial charge >= 0.3 is 0 Å². The van der Waals surface area contributed by atoms with Crippen molar-refractivity contribution in [3.63, 3.8) is 0 Å². The Kier molecular flexibility index (Phi) is 5.78. The molecule has 4 rings (SSSR count). The average molecular weight is 407 g/mol. The molecule has 1 aromatic carbocycles. The summed E-state index contributed by atoms with van der Waals surface area (Å²) in [6.07, 6.45) is 4.03. The lowest BCUT2D eigenvalue weighted by Crippen LogP contribution is -2.45. The number of ether oxygens (including phenoxy) is 1. The van der Waals surface area contributed by atoms with Crippen LogP contribution in [0.15, 0.2) is 54.9 Å². The van der Waals surface area contributed by atoms with Gasteiger partial charge in [-0.25, -0.2) is 0 Å². The second-order valence-corrected chi connectivity index (χ2v) is 7.44. The molecule has 0 unspecified atom stereocenters. The molecule has 1 aliphatic rings. The summed E-state index contributed by atoms with van der Waals surface area (Å²) < 4.78 is 5.47. The summed E-state index contributed by atoms with van der Waals surface area (Å²) in [5.41, 5.74) is 7.47. The van der Waals surface area contributed by atoms with Crippen LogP contribution < -0.4 is 20.7 Å². The van der Waals surface area contributed by atoms with Crippen molar-refractivity contribution in [3.05, 3.63) is 60.4 Å². The Morgan fingerprint density at radius 1 is 1.23 bits per heavy atom. The lowest BCUT2D eigenvalue weighted by molar-refractivity contribution is 0.0576. The maximum atomic E-state index is 12.6.